The fraction of sp³-hybridized carbons (Fsp3) is 0.316. The first kappa shape index (κ1) is 14.1. The van der Waals surface area contributed by atoms with Gasteiger partial charge in [0.15, 0.2) is 0 Å². The Labute approximate surface area is 136 Å². The summed E-state index contributed by atoms with van der Waals surface area (Å²) in [6, 6.07) is 16.9. The van der Waals surface area contributed by atoms with Gasteiger partial charge in [0.1, 0.15) is 6.17 Å². The summed E-state index contributed by atoms with van der Waals surface area (Å²) in [5.74, 6) is -0.0344. The molecule has 1 saturated heterocycles. The summed E-state index contributed by atoms with van der Waals surface area (Å²) >= 11 is 0. The van der Waals surface area contributed by atoms with E-state index in [1.54, 1.807) is 0 Å². The van der Waals surface area contributed by atoms with E-state index in [1.165, 1.54) is 36.7 Å². The zero-order valence-electron chi connectivity index (χ0n) is 13.3. The smallest absolute Gasteiger partial charge is 0.221 e. The molecule has 4 rings (SSSR count). The Bertz CT molecular complexity index is 726. The summed E-state index contributed by atoms with van der Waals surface area (Å²) in [6.45, 7) is 3.59. The van der Waals surface area contributed by atoms with E-state index in [0.717, 1.165) is 18.8 Å². The van der Waals surface area contributed by atoms with Crippen LogP contribution in [0.3, 0.4) is 0 Å². The number of fused-ring (bicyclic) bond motifs is 3. The Hall–Kier alpha value is -2.49. The number of carbonyl (C=O) groups excluding carboxylic acids is 1. The van der Waals surface area contributed by atoms with Gasteiger partial charge in [-0.3, -0.25) is 4.79 Å². The number of amides is 1. The number of nitrogens with zero attached hydrogens (tertiary/aromatic N) is 2. The van der Waals surface area contributed by atoms with Crippen molar-refractivity contribution in [3.05, 3.63) is 54.1 Å². The van der Waals surface area contributed by atoms with Crippen LogP contribution in [0.1, 0.15) is 25.3 Å². The molecule has 0 spiro atoms. The van der Waals surface area contributed by atoms with Gasteiger partial charge in [-0.15, -0.1) is 0 Å². The number of rotatable bonds is 3. The summed E-state index contributed by atoms with van der Waals surface area (Å²) in [7, 11) is 0. The molecule has 4 nitrogen and oxygen atoms in total. The van der Waals surface area contributed by atoms with Crippen LogP contribution in [0.15, 0.2) is 48.5 Å². The minimum Gasteiger partial charge on any atom is -0.349 e. The quantitative estimate of drug-likeness (QED) is 0.941. The number of carbonyl (C=O) groups is 1. The maximum atomic E-state index is 11.1. The largest absolute Gasteiger partial charge is 0.349 e. The van der Waals surface area contributed by atoms with Crippen LogP contribution in [0, 0.1) is 0 Å². The molecule has 1 N–H and O–H groups in total. The van der Waals surface area contributed by atoms with Gasteiger partial charge in [0.25, 0.3) is 0 Å². The SMILES string of the molecule is CC(=O)Nc1ccc(CN2c3ccccc3N3CCC[C@@H]32)cc1. The lowest BCUT2D eigenvalue weighted by atomic mass is 10.1. The van der Waals surface area contributed by atoms with Crippen LogP contribution in [0.4, 0.5) is 17.1 Å². The van der Waals surface area contributed by atoms with E-state index in [2.05, 4.69) is 51.5 Å². The molecule has 0 radical (unpaired) electrons. The van der Waals surface area contributed by atoms with Gasteiger partial charge in [0, 0.05) is 25.7 Å². The lowest BCUT2D eigenvalue weighted by Gasteiger charge is -2.27. The summed E-state index contributed by atoms with van der Waals surface area (Å²) < 4.78 is 0. The second kappa shape index (κ2) is 5.61. The number of hydrogen-bond donors (Lipinski definition) is 1. The predicted molar refractivity (Wildman–Crippen MR) is 93.7 cm³/mol. The molecule has 2 heterocycles. The van der Waals surface area contributed by atoms with Crippen LogP contribution in [-0.2, 0) is 11.3 Å². The van der Waals surface area contributed by atoms with E-state index in [1.807, 2.05) is 12.1 Å². The molecule has 0 bridgehead atoms. The van der Waals surface area contributed by atoms with Crippen molar-refractivity contribution in [2.45, 2.75) is 32.5 Å². The Morgan fingerprint density at radius 2 is 1.87 bits per heavy atom. The Kier molecular flexibility index (Phi) is 3.45. The van der Waals surface area contributed by atoms with Gasteiger partial charge in [0.05, 0.1) is 11.4 Å². The van der Waals surface area contributed by atoms with E-state index in [4.69, 9.17) is 0 Å². The van der Waals surface area contributed by atoms with Crippen molar-refractivity contribution in [1.82, 2.24) is 0 Å². The maximum Gasteiger partial charge on any atom is 0.221 e. The summed E-state index contributed by atoms with van der Waals surface area (Å²) in [4.78, 5) is 16.2. The minimum absolute atomic E-state index is 0.0344. The fourth-order valence-corrected chi connectivity index (χ4v) is 3.75. The van der Waals surface area contributed by atoms with E-state index < -0.39 is 0 Å². The van der Waals surface area contributed by atoms with Crippen LogP contribution in [-0.4, -0.2) is 18.6 Å². The van der Waals surface area contributed by atoms with E-state index in [0.29, 0.717) is 6.17 Å². The van der Waals surface area contributed by atoms with Crippen molar-refractivity contribution in [1.29, 1.82) is 0 Å². The first-order valence-corrected chi connectivity index (χ1v) is 8.21. The highest BCUT2D eigenvalue weighted by Gasteiger charge is 2.38. The van der Waals surface area contributed by atoms with Crippen molar-refractivity contribution in [3.8, 4) is 0 Å². The molecule has 0 aliphatic carbocycles. The van der Waals surface area contributed by atoms with Crippen LogP contribution in [0.25, 0.3) is 0 Å². The molecule has 0 aromatic heterocycles. The molecule has 0 unspecified atom stereocenters. The van der Waals surface area contributed by atoms with Gasteiger partial charge in [0.2, 0.25) is 5.91 Å². The highest BCUT2D eigenvalue weighted by molar-refractivity contribution is 5.88. The van der Waals surface area contributed by atoms with Gasteiger partial charge in [-0.25, -0.2) is 0 Å². The second-order valence-corrected chi connectivity index (χ2v) is 6.31. The topological polar surface area (TPSA) is 35.6 Å². The molecule has 1 fully saturated rings. The molecular weight excluding hydrogens is 286 g/mol. The first-order chi connectivity index (χ1) is 11.2. The summed E-state index contributed by atoms with van der Waals surface area (Å²) in [6.07, 6.45) is 2.97. The molecule has 0 saturated carbocycles. The molecule has 2 aliphatic heterocycles. The van der Waals surface area contributed by atoms with Crippen molar-refractivity contribution in [2.24, 2.45) is 0 Å². The molecule has 118 valence electrons. The zero-order valence-corrected chi connectivity index (χ0v) is 13.3. The summed E-state index contributed by atoms with van der Waals surface area (Å²) in [5.41, 5.74) is 4.82. The van der Waals surface area contributed by atoms with Gasteiger partial charge >= 0.3 is 0 Å². The van der Waals surface area contributed by atoms with Crippen molar-refractivity contribution < 1.29 is 4.79 Å². The van der Waals surface area contributed by atoms with Crippen molar-refractivity contribution in [3.63, 3.8) is 0 Å². The van der Waals surface area contributed by atoms with E-state index in [9.17, 15) is 4.79 Å². The lowest BCUT2D eigenvalue weighted by Crippen LogP contribution is -2.38. The average molecular weight is 307 g/mol. The number of nitrogens with one attached hydrogen (secondary N) is 1. The number of benzene rings is 2. The first-order valence-electron chi connectivity index (χ1n) is 8.21. The van der Waals surface area contributed by atoms with Crippen LogP contribution < -0.4 is 15.1 Å². The highest BCUT2D eigenvalue weighted by Crippen LogP contribution is 2.44. The molecule has 1 amide bonds. The third-order valence-electron chi connectivity index (χ3n) is 4.71. The minimum atomic E-state index is -0.0344. The number of hydrogen-bond acceptors (Lipinski definition) is 3. The highest BCUT2D eigenvalue weighted by atomic mass is 16.1. The molecule has 2 aromatic rings. The zero-order chi connectivity index (χ0) is 15.8. The van der Waals surface area contributed by atoms with Gasteiger partial charge in [-0.2, -0.15) is 0 Å². The van der Waals surface area contributed by atoms with E-state index in [-0.39, 0.29) is 5.91 Å². The standard InChI is InChI=1S/C19H21N3O/c1-14(23)20-16-10-8-15(9-11-16)13-22-18-6-3-2-5-17(18)21-12-4-7-19(21)22/h2-3,5-6,8-11,19H,4,7,12-13H2,1H3,(H,20,23)/t19-/m0/s1. The number of para-hydroxylation sites is 2. The van der Waals surface area contributed by atoms with Crippen molar-refractivity contribution in [2.75, 3.05) is 21.7 Å². The van der Waals surface area contributed by atoms with Gasteiger partial charge in [-0.1, -0.05) is 24.3 Å². The monoisotopic (exact) mass is 307 g/mol. The predicted octanol–water partition coefficient (Wildman–Crippen LogP) is 3.59. The van der Waals surface area contributed by atoms with Crippen LogP contribution in [0.2, 0.25) is 0 Å². The van der Waals surface area contributed by atoms with Crippen LogP contribution >= 0.6 is 0 Å². The molecule has 23 heavy (non-hydrogen) atoms. The second-order valence-electron chi connectivity index (χ2n) is 6.31. The normalized spacial score (nSPS) is 18.7. The van der Waals surface area contributed by atoms with Crippen LogP contribution in [0.5, 0.6) is 0 Å². The Balaban J connectivity index is 1.57. The Morgan fingerprint density at radius 1 is 1.13 bits per heavy atom. The maximum absolute atomic E-state index is 11.1. The fourth-order valence-electron chi connectivity index (χ4n) is 3.75. The Morgan fingerprint density at radius 3 is 2.61 bits per heavy atom. The lowest BCUT2D eigenvalue weighted by molar-refractivity contribution is -0.114. The van der Waals surface area contributed by atoms with Crippen molar-refractivity contribution >= 4 is 23.0 Å². The van der Waals surface area contributed by atoms with Gasteiger partial charge < -0.3 is 15.1 Å². The van der Waals surface area contributed by atoms with Gasteiger partial charge in [-0.05, 0) is 42.7 Å². The third-order valence-corrected chi connectivity index (χ3v) is 4.71. The third kappa shape index (κ3) is 2.54. The number of anilines is 3. The summed E-state index contributed by atoms with van der Waals surface area (Å²) in [5, 5.41) is 2.82. The van der Waals surface area contributed by atoms with E-state index >= 15 is 0 Å². The molecule has 2 aromatic carbocycles. The molecule has 2 aliphatic rings. The molecular formula is C19H21N3O. The average Bonchev–Trinajstić information content (AvgIpc) is 3.12. The molecule has 1 atom stereocenters. The molecule has 4 heteroatoms.